The molecule has 0 radical (unpaired) electrons. The van der Waals surface area contributed by atoms with Crippen LogP contribution in [0.15, 0.2) is 24.3 Å². The summed E-state index contributed by atoms with van der Waals surface area (Å²) in [6.07, 6.45) is -2.60. The van der Waals surface area contributed by atoms with Gasteiger partial charge in [-0.05, 0) is 18.2 Å². The lowest BCUT2D eigenvalue weighted by Gasteiger charge is -2.06. The van der Waals surface area contributed by atoms with Crippen molar-refractivity contribution in [1.82, 2.24) is 0 Å². The Kier molecular flexibility index (Phi) is 3.48. The predicted octanol–water partition coefficient (Wildman–Crippen LogP) is 3.15. The van der Waals surface area contributed by atoms with Crippen molar-refractivity contribution in [3.8, 4) is 6.07 Å². The number of allylic oxidation sites excluding steroid dienone is 1. The molecule has 4 nitrogen and oxygen atoms in total. The second kappa shape index (κ2) is 4.65. The van der Waals surface area contributed by atoms with Gasteiger partial charge < -0.3 is 0 Å². The first-order valence-electron chi connectivity index (χ1n) is 4.28. The van der Waals surface area contributed by atoms with Crippen LogP contribution in [0.2, 0.25) is 0 Å². The maximum Gasteiger partial charge on any atom is 0.416 e. The van der Waals surface area contributed by atoms with Crippen molar-refractivity contribution in [2.24, 2.45) is 0 Å². The Labute approximate surface area is 93.7 Å². The number of hydrogen-bond acceptors (Lipinski definition) is 3. The molecule has 0 fully saturated rings. The van der Waals surface area contributed by atoms with Crippen LogP contribution in [-0.2, 0) is 6.18 Å². The molecule has 0 aromatic heterocycles. The second-order valence-electron chi connectivity index (χ2n) is 2.99. The SMILES string of the molecule is N#C/C=C/c1ccc(C(F)(F)F)cc1[N+](=O)[O-]. The van der Waals surface area contributed by atoms with Crippen LogP contribution < -0.4 is 0 Å². The molecule has 1 aromatic carbocycles. The molecule has 0 saturated carbocycles. The van der Waals surface area contributed by atoms with Gasteiger partial charge in [-0.15, -0.1) is 0 Å². The second-order valence-corrected chi connectivity index (χ2v) is 2.99. The van der Waals surface area contributed by atoms with Gasteiger partial charge in [0, 0.05) is 12.1 Å². The molecule has 88 valence electrons. The van der Waals surface area contributed by atoms with Crippen molar-refractivity contribution in [2.75, 3.05) is 0 Å². The van der Waals surface area contributed by atoms with Crippen molar-refractivity contribution in [3.63, 3.8) is 0 Å². The van der Waals surface area contributed by atoms with Gasteiger partial charge in [0.05, 0.1) is 22.1 Å². The molecule has 0 saturated heterocycles. The number of benzene rings is 1. The average molecular weight is 242 g/mol. The number of nitriles is 1. The highest BCUT2D eigenvalue weighted by Gasteiger charge is 2.32. The average Bonchev–Trinajstić information content (AvgIpc) is 2.24. The van der Waals surface area contributed by atoms with E-state index in [9.17, 15) is 23.3 Å². The third-order valence-corrected chi connectivity index (χ3v) is 1.89. The Morgan fingerprint density at radius 2 is 2.06 bits per heavy atom. The van der Waals surface area contributed by atoms with Crippen LogP contribution in [-0.4, -0.2) is 4.92 Å². The molecular weight excluding hydrogens is 237 g/mol. The molecule has 0 spiro atoms. The van der Waals surface area contributed by atoms with E-state index < -0.39 is 22.4 Å². The Morgan fingerprint density at radius 3 is 2.53 bits per heavy atom. The highest BCUT2D eigenvalue weighted by atomic mass is 19.4. The van der Waals surface area contributed by atoms with E-state index in [2.05, 4.69) is 0 Å². The van der Waals surface area contributed by atoms with Crippen molar-refractivity contribution < 1.29 is 18.1 Å². The summed E-state index contributed by atoms with van der Waals surface area (Å²) in [4.78, 5) is 9.66. The monoisotopic (exact) mass is 242 g/mol. The Balaban J connectivity index is 3.33. The van der Waals surface area contributed by atoms with E-state index in [4.69, 9.17) is 5.26 Å². The van der Waals surface area contributed by atoms with E-state index in [1.165, 1.54) is 0 Å². The van der Waals surface area contributed by atoms with Gasteiger partial charge in [0.1, 0.15) is 0 Å². The molecule has 17 heavy (non-hydrogen) atoms. The maximum atomic E-state index is 12.3. The molecule has 0 aliphatic rings. The molecule has 0 amide bonds. The van der Waals surface area contributed by atoms with Crippen LogP contribution in [0.5, 0.6) is 0 Å². The van der Waals surface area contributed by atoms with Crippen LogP contribution in [0.25, 0.3) is 6.08 Å². The molecule has 0 N–H and O–H groups in total. The van der Waals surface area contributed by atoms with Gasteiger partial charge in [-0.1, -0.05) is 0 Å². The van der Waals surface area contributed by atoms with Gasteiger partial charge >= 0.3 is 6.18 Å². The third kappa shape index (κ3) is 3.04. The fraction of sp³-hybridized carbons (Fsp3) is 0.100. The number of rotatable bonds is 2. The molecule has 0 atom stereocenters. The van der Waals surface area contributed by atoms with Crippen LogP contribution in [0, 0.1) is 21.4 Å². The van der Waals surface area contributed by atoms with Gasteiger partial charge in [0.25, 0.3) is 5.69 Å². The summed E-state index contributed by atoms with van der Waals surface area (Å²) in [5, 5.41) is 18.8. The van der Waals surface area contributed by atoms with Gasteiger partial charge in [-0.3, -0.25) is 10.1 Å². The number of nitrogens with zero attached hydrogens (tertiary/aromatic N) is 2. The molecule has 0 aliphatic heterocycles. The lowest BCUT2D eigenvalue weighted by atomic mass is 10.1. The van der Waals surface area contributed by atoms with E-state index >= 15 is 0 Å². The zero-order valence-corrected chi connectivity index (χ0v) is 8.23. The first kappa shape index (κ1) is 12.7. The summed E-state index contributed by atoms with van der Waals surface area (Å²) in [6.45, 7) is 0. The summed E-state index contributed by atoms with van der Waals surface area (Å²) in [7, 11) is 0. The van der Waals surface area contributed by atoms with E-state index in [0.717, 1.165) is 24.3 Å². The number of halogens is 3. The van der Waals surface area contributed by atoms with Crippen LogP contribution in [0.1, 0.15) is 11.1 Å². The summed E-state index contributed by atoms with van der Waals surface area (Å²) >= 11 is 0. The van der Waals surface area contributed by atoms with Crippen LogP contribution in [0.3, 0.4) is 0 Å². The molecular formula is C10H5F3N2O2. The summed E-state index contributed by atoms with van der Waals surface area (Å²) in [5.74, 6) is 0. The summed E-state index contributed by atoms with van der Waals surface area (Å²) in [6, 6.07) is 3.72. The standard InChI is InChI=1S/C10H5F3N2O2/c11-10(12,13)8-4-3-7(2-1-5-14)9(6-8)15(16)17/h1-4,6H/b2-1+. The molecule has 0 heterocycles. The summed E-state index contributed by atoms with van der Waals surface area (Å²) in [5.41, 5.74) is -1.84. The number of nitro benzene ring substituents is 1. The number of alkyl halides is 3. The molecule has 7 heteroatoms. The smallest absolute Gasteiger partial charge is 0.258 e. The summed E-state index contributed by atoms with van der Waals surface area (Å²) < 4.78 is 37.0. The van der Waals surface area contributed by atoms with Gasteiger partial charge in [0.2, 0.25) is 0 Å². The van der Waals surface area contributed by atoms with Crippen LogP contribution >= 0.6 is 0 Å². The minimum Gasteiger partial charge on any atom is -0.258 e. The number of hydrogen-bond donors (Lipinski definition) is 0. The minimum absolute atomic E-state index is 0.0513. The third-order valence-electron chi connectivity index (χ3n) is 1.89. The Bertz CT molecular complexity index is 515. The molecule has 0 unspecified atom stereocenters. The lowest BCUT2D eigenvalue weighted by Crippen LogP contribution is -2.06. The van der Waals surface area contributed by atoms with Crippen molar-refractivity contribution in [3.05, 3.63) is 45.5 Å². The molecule has 1 aromatic rings. The van der Waals surface area contributed by atoms with E-state index in [0.29, 0.717) is 6.07 Å². The van der Waals surface area contributed by atoms with E-state index in [1.807, 2.05) is 0 Å². The quantitative estimate of drug-likeness (QED) is 0.454. The van der Waals surface area contributed by atoms with Crippen molar-refractivity contribution in [2.45, 2.75) is 6.18 Å². The zero-order valence-electron chi connectivity index (χ0n) is 8.23. The van der Waals surface area contributed by atoms with E-state index in [-0.39, 0.29) is 5.56 Å². The first-order chi connectivity index (χ1) is 7.86. The zero-order chi connectivity index (χ0) is 13.1. The van der Waals surface area contributed by atoms with Crippen LogP contribution in [0.4, 0.5) is 18.9 Å². The van der Waals surface area contributed by atoms with Gasteiger partial charge in [-0.2, -0.15) is 18.4 Å². The maximum absolute atomic E-state index is 12.3. The molecule has 1 rings (SSSR count). The van der Waals surface area contributed by atoms with Gasteiger partial charge in [-0.25, -0.2) is 0 Å². The molecule has 0 aliphatic carbocycles. The van der Waals surface area contributed by atoms with Gasteiger partial charge in [0.15, 0.2) is 0 Å². The molecule has 0 bridgehead atoms. The number of nitro groups is 1. The van der Waals surface area contributed by atoms with E-state index in [1.54, 1.807) is 6.07 Å². The first-order valence-corrected chi connectivity index (χ1v) is 4.28. The van der Waals surface area contributed by atoms with Crippen molar-refractivity contribution in [1.29, 1.82) is 5.26 Å². The fourth-order valence-electron chi connectivity index (χ4n) is 1.15. The normalized spacial score (nSPS) is 11.4. The highest BCUT2D eigenvalue weighted by molar-refractivity contribution is 5.63. The van der Waals surface area contributed by atoms with Crippen molar-refractivity contribution >= 4 is 11.8 Å². The minimum atomic E-state index is -4.64. The Hall–Kier alpha value is -2.36. The highest BCUT2D eigenvalue weighted by Crippen LogP contribution is 2.33. The predicted molar refractivity (Wildman–Crippen MR) is 52.7 cm³/mol. The topological polar surface area (TPSA) is 66.9 Å². The lowest BCUT2D eigenvalue weighted by molar-refractivity contribution is -0.385. The fourth-order valence-corrected chi connectivity index (χ4v) is 1.15. The largest absolute Gasteiger partial charge is 0.416 e. The Morgan fingerprint density at radius 1 is 1.41 bits per heavy atom.